The van der Waals surface area contributed by atoms with Gasteiger partial charge in [-0.2, -0.15) is 0 Å². The normalized spacial score (nSPS) is 18.4. The Labute approximate surface area is 118 Å². The van der Waals surface area contributed by atoms with Crippen LogP contribution in [-0.2, 0) is 6.42 Å². The van der Waals surface area contributed by atoms with Crippen LogP contribution in [0.4, 0.5) is 10.5 Å². The Morgan fingerprint density at radius 3 is 2.90 bits per heavy atom. The molecule has 1 fully saturated rings. The topological polar surface area (TPSA) is 64.2 Å². The second-order valence-corrected chi connectivity index (χ2v) is 5.19. The molecule has 104 valence electrons. The van der Waals surface area contributed by atoms with E-state index in [1.807, 2.05) is 6.07 Å². The summed E-state index contributed by atoms with van der Waals surface area (Å²) >= 11 is 0. The molecule has 20 heavy (non-hydrogen) atoms. The molecule has 2 N–H and O–H groups in total. The third-order valence-electron chi connectivity index (χ3n) is 3.83. The predicted molar refractivity (Wildman–Crippen MR) is 77.7 cm³/mol. The number of primary amides is 1. The molecule has 1 saturated heterocycles. The van der Waals surface area contributed by atoms with Crippen molar-refractivity contribution < 1.29 is 4.79 Å². The maximum absolute atomic E-state index is 11.3. The van der Waals surface area contributed by atoms with E-state index in [0.29, 0.717) is 5.92 Å². The van der Waals surface area contributed by atoms with E-state index in [0.717, 1.165) is 31.8 Å². The lowest BCUT2D eigenvalue weighted by Gasteiger charge is -2.18. The molecule has 0 bridgehead atoms. The zero-order valence-electron chi connectivity index (χ0n) is 11.3. The fourth-order valence-corrected chi connectivity index (χ4v) is 2.82. The predicted octanol–water partition coefficient (Wildman–Crippen LogP) is 1.88. The van der Waals surface area contributed by atoms with Gasteiger partial charge in [0, 0.05) is 37.6 Å². The molecule has 1 atom stereocenters. The Hall–Kier alpha value is -2.30. The number of rotatable bonds is 3. The van der Waals surface area contributed by atoms with Crippen LogP contribution in [0.5, 0.6) is 0 Å². The monoisotopic (exact) mass is 270 g/mol. The highest BCUT2D eigenvalue weighted by Gasteiger charge is 2.24. The van der Waals surface area contributed by atoms with Crippen LogP contribution in [0.15, 0.2) is 42.7 Å². The minimum Gasteiger partial charge on any atom is -0.371 e. The van der Waals surface area contributed by atoms with Crippen LogP contribution >= 0.6 is 0 Å². The minimum atomic E-state index is -0.463. The number of hydrogen-bond donors (Lipinski definition) is 1. The number of amides is 1. The smallest absolute Gasteiger partial charge is 0.324 e. The van der Waals surface area contributed by atoms with Crippen molar-refractivity contribution >= 4 is 11.7 Å². The van der Waals surface area contributed by atoms with Crippen molar-refractivity contribution in [1.29, 1.82) is 0 Å². The zero-order chi connectivity index (χ0) is 13.9. The molecular formula is C15H18N4O. The summed E-state index contributed by atoms with van der Waals surface area (Å²) in [6.45, 7) is 2.04. The first kappa shape index (κ1) is 12.7. The van der Waals surface area contributed by atoms with Crippen molar-refractivity contribution in [3.05, 3.63) is 48.5 Å². The van der Waals surface area contributed by atoms with E-state index in [9.17, 15) is 4.79 Å². The van der Waals surface area contributed by atoms with Gasteiger partial charge in [0.05, 0.1) is 0 Å². The van der Waals surface area contributed by atoms with Gasteiger partial charge in [-0.15, -0.1) is 0 Å². The summed E-state index contributed by atoms with van der Waals surface area (Å²) in [6.07, 6.45) is 5.16. The Balaban J connectivity index is 1.66. The van der Waals surface area contributed by atoms with Crippen LogP contribution in [0.3, 0.4) is 0 Å². The van der Waals surface area contributed by atoms with Crippen LogP contribution in [-0.4, -0.2) is 28.7 Å². The molecule has 2 heterocycles. The number of carbonyl (C=O) groups excluding carboxylic acids is 1. The number of nitrogens with zero attached hydrogens (tertiary/aromatic N) is 3. The van der Waals surface area contributed by atoms with E-state index < -0.39 is 6.03 Å². The number of benzene rings is 1. The van der Waals surface area contributed by atoms with Gasteiger partial charge >= 0.3 is 6.03 Å². The third kappa shape index (κ3) is 2.52. The largest absolute Gasteiger partial charge is 0.371 e. The molecule has 5 nitrogen and oxygen atoms in total. The van der Waals surface area contributed by atoms with Gasteiger partial charge in [0.25, 0.3) is 0 Å². The zero-order valence-corrected chi connectivity index (χ0v) is 11.3. The lowest BCUT2D eigenvalue weighted by molar-refractivity contribution is 0.249. The summed E-state index contributed by atoms with van der Waals surface area (Å²) < 4.78 is 1.44. The molecule has 1 amide bonds. The van der Waals surface area contributed by atoms with Crippen LogP contribution < -0.4 is 10.6 Å². The number of imidazole rings is 1. The molecule has 1 aromatic heterocycles. The summed E-state index contributed by atoms with van der Waals surface area (Å²) in [4.78, 5) is 17.9. The van der Waals surface area contributed by atoms with Gasteiger partial charge in [0.2, 0.25) is 0 Å². The fourth-order valence-electron chi connectivity index (χ4n) is 2.82. The van der Waals surface area contributed by atoms with E-state index in [4.69, 9.17) is 5.73 Å². The Morgan fingerprint density at radius 1 is 1.35 bits per heavy atom. The first-order chi connectivity index (χ1) is 9.74. The van der Waals surface area contributed by atoms with E-state index in [1.165, 1.54) is 10.3 Å². The average Bonchev–Trinajstić information content (AvgIpc) is 3.09. The van der Waals surface area contributed by atoms with Crippen LogP contribution in [0.1, 0.15) is 12.2 Å². The summed E-state index contributed by atoms with van der Waals surface area (Å²) in [7, 11) is 0. The average molecular weight is 270 g/mol. The van der Waals surface area contributed by atoms with Crippen molar-refractivity contribution in [2.45, 2.75) is 12.8 Å². The maximum Gasteiger partial charge on any atom is 0.324 e. The second-order valence-electron chi connectivity index (χ2n) is 5.19. The van der Waals surface area contributed by atoms with Crippen LogP contribution in [0, 0.1) is 5.92 Å². The number of nitrogens with two attached hydrogens (primary N) is 1. The molecule has 1 unspecified atom stereocenters. The number of para-hydroxylation sites is 1. The molecule has 3 rings (SSSR count). The molecule has 5 heteroatoms. The first-order valence-electron chi connectivity index (χ1n) is 6.86. The molecule has 0 radical (unpaired) electrons. The Bertz CT molecular complexity index is 593. The highest BCUT2D eigenvalue weighted by Crippen LogP contribution is 2.25. The number of anilines is 1. The van der Waals surface area contributed by atoms with Crippen molar-refractivity contribution in [2.24, 2.45) is 11.7 Å². The number of carbonyl (C=O) groups is 1. The van der Waals surface area contributed by atoms with Crippen molar-refractivity contribution in [1.82, 2.24) is 9.55 Å². The Morgan fingerprint density at radius 2 is 2.15 bits per heavy atom. The molecule has 0 saturated carbocycles. The molecular weight excluding hydrogens is 252 g/mol. The van der Waals surface area contributed by atoms with E-state index in [1.54, 1.807) is 12.4 Å². The van der Waals surface area contributed by atoms with Crippen molar-refractivity contribution in [3.63, 3.8) is 0 Å². The van der Waals surface area contributed by atoms with Gasteiger partial charge < -0.3 is 10.6 Å². The molecule has 1 aliphatic heterocycles. The van der Waals surface area contributed by atoms with E-state index in [-0.39, 0.29) is 0 Å². The standard InChI is InChI=1S/C15H18N4O/c16-15(20)19-9-7-17-14(19)10-12-6-8-18(11-12)13-4-2-1-3-5-13/h1-5,7,9,12H,6,8,10-11H2,(H2,16,20). The molecule has 0 spiro atoms. The van der Waals surface area contributed by atoms with E-state index >= 15 is 0 Å². The van der Waals surface area contributed by atoms with Crippen molar-refractivity contribution in [2.75, 3.05) is 18.0 Å². The number of aromatic nitrogens is 2. The van der Waals surface area contributed by atoms with E-state index in [2.05, 4.69) is 34.1 Å². The summed E-state index contributed by atoms with van der Waals surface area (Å²) in [5.74, 6) is 1.27. The second kappa shape index (κ2) is 5.36. The van der Waals surface area contributed by atoms with Gasteiger partial charge in [-0.05, 0) is 24.5 Å². The molecule has 1 aromatic carbocycles. The van der Waals surface area contributed by atoms with Crippen LogP contribution in [0.2, 0.25) is 0 Å². The maximum atomic E-state index is 11.3. The van der Waals surface area contributed by atoms with Gasteiger partial charge in [0.1, 0.15) is 5.82 Å². The van der Waals surface area contributed by atoms with Crippen LogP contribution in [0.25, 0.3) is 0 Å². The third-order valence-corrected chi connectivity index (χ3v) is 3.83. The van der Waals surface area contributed by atoms with Gasteiger partial charge in [-0.25, -0.2) is 9.78 Å². The van der Waals surface area contributed by atoms with Gasteiger partial charge in [-0.3, -0.25) is 4.57 Å². The lowest BCUT2D eigenvalue weighted by atomic mass is 10.0. The summed E-state index contributed by atoms with van der Waals surface area (Å²) in [5.41, 5.74) is 6.58. The highest BCUT2D eigenvalue weighted by atomic mass is 16.2. The summed E-state index contributed by atoms with van der Waals surface area (Å²) in [6, 6.07) is 9.95. The lowest BCUT2D eigenvalue weighted by Crippen LogP contribution is -2.24. The molecule has 0 aliphatic carbocycles. The molecule has 1 aliphatic rings. The Kier molecular flexibility index (Phi) is 3.41. The minimum absolute atomic E-state index is 0.463. The first-order valence-corrected chi connectivity index (χ1v) is 6.86. The van der Waals surface area contributed by atoms with Crippen molar-refractivity contribution in [3.8, 4) is 0 Å². The van der Waals surface area contributed by atoms with Gasteiger partial charge in [-0.1, -0.05) is 18.2 Å². The summed E-state index contributed by atoms with van der Waals surface area (Å²) in [5, 5.41) is 0. The number of hydrogen-bond acceptors (Lipinski definition) is 3. The quantitative estimate of drug-likeness (QED) is 0.926. The SMILES string of the molecule is NC(=O)n1ccnc1CC1CCN(c2ccccc2)C1. The molecule has 2 aromatic rings. The highest BCUT2D eigenvalue weighted by molar-refractivity contribution is 5.75. The fraction of sp³-hybridized carbons (Fsp3) is 0.333. The van der Waals surface area contributed by atoms with Gasteiger partial charge in [0.15, 0.2) is 0 Å².